The number of pyridine rings is 1. The Kier molecular flexibility index (Phi) is 3.52. The lowest BCUT2D eigenvalue weighted by Crippen LogP contribution is -2.03. The smallest absolute Gasteiger partial charge is 0.139 e. The zero-order chi connectivity index (χ0) is 13.4. The predicted octanol–water partition coefficient (Wildman–Crippen LogP) is 4.43. The Balaban J connectivity index is 2.06. The van der Waals surface area contributed by atoms with Crippen LogP contribution in [0.4, 0.5) is 5.82 Å². The molecule has 4 heteroatoms. The molecule has 0 aromatic carbocycles. The maximum Gasteiger partial charge on any atom is 0.139 e. The summed E-state index contributed by atoms with van der Waals surface area (Å²) in [5.41, 5.74) is 9.60. The number of aryl methyl sites for hydroxylation is 1. The minimum Gasteiger partial charge on any atom is -0.383 e. The van der Waals surface area contributed by atoms with E-state index >= 15 is 0 Å². The molecule has 0 atom stereocenters. The van der Waals surface area contributed by atoms with Crippen molar-refractivity contribution in [2.75, 3.05) is 5.73 Å². The molecule has 2 aromatic rings. The number of aromatic nitrogens is 2. The summed E-state index contributed by atoms with van der Waals surface area (Å²) in [7, 11) is 0. The van der Waals surface area contributed by atoms with Gasteiger partial charge in [0.1, 0.15) is 11.5 Å². The van der Waals surface area contributed by atoms with Gasteiger partial charge in [0.2, 0.25) is 0 Å². The normalized spacial score (nSPS) is 17.8. The summed E-state index contributed by atoms with van der Waals surface area (Å²) in [4.78, 5) is 4.80. The van der Waals surface area contributed by atoms with Crippen molar-refractivity contribution in [2.45, 2.75) is 51.4 Å². The fourth-order valence-electron chi connectivity index (χ4n) is 3.05. The zero-order valence-corrected chi connectivity index (χ0v) is 12.9. The minimum absolute atomic E-state index is 0.543. The largest absolute Gasteiger partial charge is 0.383 e. The van der Waals surface area contributed by atoms with Crippen LogP contribution >= 0.6 is 15.9 Å². The molecule has 0 unspecified atom stereocenters. The van der Waals surface area contributed by atoms with Crippen LogP contribution in [0.2, 0.25) is 0 Å². The van der Waals surface area contributed by atoms with Gasteiger partial charge in [-0.3, -0.25) is 4.40 Å². The maximum atomic E-state index is 6.32. The van der Waals surface area contributed by atoms with Gasteiger partial charge in [0.25, 0.3) is 0 Å². The highest BCUT2D eigenvalue weighted by Gasteiger charge is 2.21. The van der Waals surface area contributed by atoms with Crippen molar-refractivity contribution in [2.24, 2.45) is 0 Å². The third-order valence-corrected chi connectivity index (χ3v) is 5.04. The van der Waals surface area contributed by atoms with Crippen molar-refractivity contribution < 1.29 is 0 Å². The molecule has 1 aliphatic rings. The summed E-state index contributed by atoms with van der Waals surface area (Å²) in [5.74, 6) is 1.36. The van der Waals surface area contributed by atoms with Gasteiger partial charge in [-0.25, -0.2) is 4.98 Å². The van der Waals surface area contributed by atoms with Crippen molar-refractivity contribution in [3.05, 3.63) is 28.0 Å². The highest BCUT2D eigenvalue weighted by atomic mass is 79.9. The molecule has 2 aromatic heterocycles. The standard InChI is InChI=1S/C15H20BrN3/c1-10-8-13-18-14(11-6-4-2-3-5-7-11)15(17)19(13)9-12(10)16/h8-9,11H,2-7,17H2,1H3. The number of hydrogen-bond acceptors (Lipinski definition) is 2. The van der Waals surface area contributed by atoms with Gasteiger partial charge >= 0.3 is 0 Å². The summed E-state index contributed by atoms with van der Waals surface area (Å²) in [6.45, 7) is 2.08. The number of hydrogen-bond donors (Lipinski definition) is 1. The summed E-state index contributed by atoms with van der Waals surface area (Å²) in [6, 6.07) is 2.10. The van der Waals surface area contributed by atoms with Crippen LogP contribution in [-0.2, 0) is 0 Å². The van der Waals surface area contributed by atoms with Crippen LogP contribution in [0.1, 0.15) is 55.7 Å². The summed E-state index contributed by atoms with van der Waals surface area (Å²) >= 11 is 3.56. The molecule has 0 spiro atoms. The number of rotatable bonds is 1. The molecule has 19 heavy (non-hydrogen) atoms. The van der Waals surface area contributed by atoms with E-state index in [9.17, 15) is 0 Å². The van der Waals surface area contributed by atoms with Gasteiger partial charge in [-0.15, -0.1) is 0 Å². The highest BCUT2D eigenvalue weighted by Crippen LogP contribution is 2.35. The highest BCUT2D eigenvalue weighted by molar-refractivity contribution is 9.10. The molecule has 1 fully saturated rings. The van der Waals surface area contributed by atoms with Crippen molar-refractivity contribution >= 4 is 27.4 Å². The first-order valence-electron chi connectivity index (χ1n) is 7.10. The zero-order valence-electron chi connectivity index (χ0n) is 11.3. The Bertz CT molecular complexity index is 595. The Labute approximate surface area is 122 Å². The van der Waals surface area contributed by atoms with Crippen LogP contribution in [0.15, 0.2) is 16.7 Å². The van der Waals surface area contributed by atoms with Crippen LogP contribution in [0.5, 0.6) is 0 Å². The quantitative estimate of drug-likeness (QED) is 0.790. The second-order valence-corrected chi connectivity index (χ2v) is 6.46. The minimum atomic E-state index is 0.543. The average molecular weight is 322 g/mol. The summed E-state index contributed by atoms with van der Waals surface area (Å²) in [5, 5.41) is 0. The first-order valence-corrected chi connectivity index (χ1v) is 7.89. The lowest BCUT2D eigenvalue weighted by molar-refractivity contribution is 0.582. The van der Waals surface area contributed by atoms with Gasteiger partial charge in [-0.2, -0.15) is 0 Å². The fourth-order valence-corrected chi connectivity index (χ4v) is 3.37. The molecule has 0 amide bonds. The van der Waals surface area contributed by atoms with E-state index < -0.39 is 0 Å². The molecular formula is C15H20BrN3. The van der Waals surface area contributed by atoms with Crippen molar-refractivity contribution in [3.8, 4) is 0 Å². The number of nitrogen functional groups attached to an aromatic ring is 1. The topological polar surface area (TPSA) is 43.3 Å². The van der Waals surface area contributed by atoms with Gasteiger partial charge in [-0.05, 0) is 47.3 Å². The molecule has 0 radical (unpaired) electrons. The van der Waals surface area contributed by atoms with Gasteiger partial charge < -0.3 is 5.73 Å². The Morgan fingerprint density at radius 1 is 1.26 bits per heavy atom. The van der Waals surface area contributed by atoms with Gasteiger partial charge in [-0.1, -0.05) is 25.7 Å². The number of nitrogens with two attached hydrogens (primary N) is 1. The molecule has 0 bridgehead atoms. The molecule has 1 saturated carbocycles. The van der Waals surface area contributed by atoms with E-state index in [1.165, 1.54) is 44.1 Å². The van der Waals surface area contributed by atoms with Crippen LogP contribution in [0, 0.1) is 6.92 Å². The molecule has 3 nitrogen and oxygen atoms in total. The molecule has 0 aliphatic heterocycles. The number of anilines is 1. The molecule has 3 rings (SSSR count). The fraction of sp³-hybridized carbons (Fsp3) is 0.533. The Hall–Kier alpha value is -1.03. The molecule has 2 heterocycles. The number of fused-ring (bicyclic) bond motifs is 1. The van der Waals surface area contributed by atoms with Crippen molar-refractivity contribution in [3.63, 3.8) is 0 Å². The van der Waals surface area contributed by atoms with Crippen LogP contribution < -0.4 is 5.73 Å². The van der Waals surface area contributed by atoms with Crippen LogP contribution in [-0.4, -0.2) is 9.38 Å². The molecule has 102 valence electrons. The lowest BCUT2D eigenvalue weighted by Gasteiger charge is -2.11. The van der Waals surface area contributed by atoms with E-state index in [0.29, 0.717) is 5.92 Å². The van der Waals surface area contributed by atoms with Crippen molar-refractivity contribution in [1.82, 2.24) is 9.38 Å². The van der Waals surface area contributed by atoms with Crippen LogP contribution in [0.3, 0.4) is 0 Å². The van der Waals surface area contributed by atoms with E-state index in [1.807, 2.05) is 10.6 Å². The third kappa shape index (κ3) is 2.38. The summed E-state index contributed by atoms with van der Waals surface area (Å²) < 4.78 is 3.09. The predicted molar refractivity (Wildman–Crippen MR) is 82.5 cm³/mol. The van der Waals surface area contributed by atoms with E-state index in [-0.39, 0.29) is 0 Å². The molecule has 0 saturated heterocycles. The third-order valence-electron chi connectivity index (χ3n) is 4.21. The van der Waals surface area contributed by atoms with E-state index in [1.54, 1.807) is 0 Å². The number of nitrogens with zero attached hydrogens (tertiary/aromatic N) is 2. The maximum absolute atomic E-state index is 6.32. The average Bonchev–Trinajstić information content (AvgIpc) is 2.61. The van der Waals surface area contributed by atoms with Gasteiger partial charge in [0.15, 0.2) is 0 Å². The number of halogens is 1. The van der Waals surface area contributed by atoms with Crippen LogP contribution in [0.25, 0.3) is 5.65 Å². The summed E-state index contributed by atoms with van der Waals surface area (Å²) in [6.07, 6.45) is 9.82. The van der Waals surface area contributed by atoms with E-state index in [4.69, 9.17) is 10.7 Å². The van der Waals surface area contributed by atoms with Crippen molar-refractivity contribution in [1.29, 1.82) is 0 Å². The Morgan fingerprint density at radius 3 is 2.63 bits per heavy atom. The van der Waals surface area contributed by atoms with Gasteiger partial charge in [0.05, 0.1) is 5.69 Å². The lowest BCUT2D eigenvalue weighted by atomic mass is 9.97. The first-order chi connectivity index (χ1) is 9.16. The molecule has 1 aliphatic carbocycles. The van der Waals surface area contributed by atoms with E-state index in [0.717, 1.165) is 21.6 Å². The monoisotopic (exact) mass is 321 g/mol. The molecule has 2 N–H and O–H groups in total. The second kappa shape index (κ2) is 5.16. The Morgan fingerprint density at radius 2 is 1.95 bits per heavy atom. The first kappa shape index (κ1) is 13.0. The van der Waals surface area contributed by atoms with Gasteiger partial charge in [0, 0.05) is 16.6 Å². The second-order valence-electron chi connectivity index (χ2n) is 5.60. The number of imidazole rings is 1. The SMILES string of the molecule is Cc1cc2nc(C3CCCCCC3)c(N)n2cc1Br. The van der Waals surface area contributed by atoms with E-state index in [2.05, 4.69) is 28.9 Å². The molecular weight excluding hydrogens is 302 g/mol.